The van der Waals surface area contributed by atoms with Gasteiger partial charge in [-0.05, 0) is 32.9 Å². The van der Waals surface area contributed by atoms with Crippen LogP contribution in [-0.4, -0.2) is 65.0 Å². The van der Waals surface area contributed by atoms with Crippen molar-refractivity contribution < 1.29 is 18.1 Å². The second kappa shape index (κ2) is 12.5. The first-order chi connectivity index (χ1) is 10.0. The largest absolute Gasteiger partial charge is 0.500 e. The molecule has 5 nitrogen and oxygen atoms in total. The van der Waals surface area contributed by atoms with E-state index in [0.29, 0.717) is 26.2 Å². The minimum Gasteiger partial charge on any atom is -0.374 e. The number of thioether (sulfide) groups is 1. The van der Waals surface area contributed by atoms with E-state index >= 15 is 0 Å². The van der Waals surface area contributed by atoms with Crippen LogP contribution in [0.15, 0.2) is 0 Å². The van der Waals surface area contributed by atoms with E-state index in [4.69, 9.17) is 13.3 Å². The summed E-state index contributed by atoms with van der Waals surface area (Å²) in [6, 6.07) is 0.844. The molecule has 0 aliphatic carbocycles. The molecule has 0 spiro atoms. The number of carbonyl (C=O) groups excluding carboxylic acids is 1. The molecule has 1 amide bonds. The lowest BCUT2D eigenvalue weighted by Gasteiger charge is -2.28. The fourth-order valence-corrected chi connectivity index (χ4v) is 5.62. The third-order valence-corrected chi connectivity index (χ3v) is 7.05. The molecular weight excluding hydrogens is 306 g/mol. The fourth-order valence-electron chi connectivity index (χ4n) is 1.88. The summed E-state index contributed by atoms with van der Waals surface area (Å²) in [7, 11) is 1.10. The van der Waals surface area contributed by atoms with Gasteiger partial charge in [0.2, 0.25) is 5.91 Å². The van der Waals surface area contributed by atoms with E-state index in [2.05, 4.69) is 0 Å². The maximum absolute atomic E-state index is 11.4. The molecule has 0 bridgehead atoms. The molecule has 0 saturated heterocycles. The van der Waals surface area contributed by atoms with E-state index in [1.807, 2.05) is 20.8 Å². The molecule has 0 aromatic carbocycles. The van der Waals surface area contributed by atoms with Crippen LogP contribution in [0.5, 0.6) is 0 Å². The highest BCUT2D eigenvalue weighted by Crippen LogP contribution is 2.20. The summed E-state index contributed by atoms with van der Waals surface area (Å²) >= 11 is 1.80. The van der Waals surface area contributed by atoms with E-state index in [1.165, 1.54) is 0 Å². The van der Waals surface area contributed by atoms with E-state index in [1.54, 1.807) is 30.8 Å². The molecule has 7 heteroatoms. The molecule has 0 saturated carbocycles. The minimum absolute atomic E-state index is 0.184. The van der Waals surface area contributed by atoms with E-state index in [-0.39, 0.29) is 5.91 Å². The first-order valence-electron chi connectivity index (χ1n) is 7.71. The van der Waals surface area contributed by atoms with Crippen LogP contribution >= 0.6 is 11.8 Å². The number of hydrogen-bond donors (Lipinski definition) is 0. The third kappa shape index (κ3) is 9.52. The van der Waals surface area contributed by atoms with Crippen molar-refractivity contribution in [3.63, 3.8) is 0 Å². The fraction of sp³-hybridized carbons (Fsp3) is 0.929. The summed E-state index contributed by atoms with van der Waals surface area (Å²) < 4.78 is 17.4. The van der Waals surface area contributed by atoms with Crippen molar-refractivity contribution in [2.75, 3.05) is 45.4 Å². The summed E-state index contributed by atoms with van der Waals surface area (Å²) in [5, 5.41) is 0. The number of carbonyl (C=O) groups is 1. The Labute approximate surface area is 135 Å². The number of rotatable bonds is 13. The van der Waals surface area contributed by atoms with Gasteiger partial charge in [-0.25, -0.2) is 0 Å². The van der Waals surface area contributed by atoms with Crippen LogP contribution in [0.25, 0.3) is 0 Å². The molecule has 0 aliphatic rings. The zero-order valence-electron chi connectivity index (χ0n) is 14.1. The molecule has 0 aliphatic heterocycles. The summed E-state index contributed by atoms with van der Waals surface area (Å²) in [6.45, 7) is 7.79. The average molecular weight is 338 g/mol. The Morgan fingerprint density at radius 2 is 1.52 bits per heavy atom. The van der Waals surface area contributed by atoms with Crippen molar-refractivity contribution in [3.05, 3.63) is 0 Å². The molecule has 0 fully saturated rings. The molecule has 0 radical (unpaired) electrons. The van der Waals surface area contributed by atoms with Crippen LogP contribution in [0.3, 0.4) is 0 Å². The molecule has 0 N–H and O–H groups in total. The highest BCUT2D eigenvalue weighted by Gasteiger charge is 2.39. The lowest BCUT2D eigenvalue weighted by Crippen LogP contribution is -2.46. The van der Waals surface area contributed by atoms with Crippen molar-refractivity contribution in [3.8, 4) is 0 Å². The van der Waals surface area contributed by atoms with Crippen molar-refractivity contribution in [1.82, 2.24) is 4.90 Å². The predicted molar refractivity (Wildman–Crippen MR) is 90.7 cm³/mol. The van der Waals surface area contributed by atoms with Gasteiger partial charge in [-0.15, -0.1) is 0 Å². The third-order valence-electron chi connectivity index (χ3n) is 2.82. The first kappa shape index (κ1) is 20.9. The molecule has 0 atom stereocenters. The van der Waals surface area contributed by atoms with E-state index in [9.17, 15) is 4.79 Å². The highest BCUT2D eigenvalue weighted by molar-refractivity contribution is 7.99. The van der Waals surface area contributed by atoms with Gasteiger partial charge in [-0.2, -0.15) is 11.8 Å². The molecule has 0 aromatic rings. The smallest absolute Gasteiger partial charge is 0.374 e. The normalized spacial score (nSPS) is 11.7. The summed E-state index contributed by atoms with van der Waals surface area (Å²) in [4.78, 5) is 13.1. The van der Waals surface area contributed by atoms with Gasteiger partial charge < -0.3 is 18.2 Å². The van der Waals surface area contributed by atoms with Gasteiger partial charge in [0.25, 0.3) is 0 Å². The van der Waals surface area contributed by atoms with E-state index in [0.717, 1.165) is 24.0 Å². The lowest BCUT2D eigenvalue weighted by atomic mass is 10.4. The van der Waals surface area contributed by atoms with Crippen LogP contribution in [0.4, 0.5) is 0 Å². The molecular formula is C14H31NO4SSi. The highest BCUT2D eigenvalue weighted by atomic mass is 32.2. The number of hydrogen-bond acceptors (Lipinski definition) is 5. The number of nitrogens with zero attached hydrogens (tertiary/aromatic N) is 1. The summed E-state index contributed by atoms with van der Waals surface area (Å²) in [6.07, 6.45) is 1.59. The maximum atomic E-state index is 11.4. The Hall–Kier alpha value is -0.0831. The van der Waals surface area contributed by atoms with Crippen molar-refractivity contribution in [2.45, 2.75) is 39.7 Å². The Bertz CT molecular complexity index is 263. The molecule has 0 unspecified atom stereocenters. The van der Waals surface area contributed by atoms with Crippen LogP contribution in [0.1, 0.15) is 33.6 Å². The van der Waals surface area contributed by atoms with Gasteiger partial charge in [-0.1, -0.05) is 0 Å². The van der Waals surface area contributed by atoms with E-state index < -0.39 is 8.80 Å². The number of amides is 1. The van der Waals surface area contributed by atoms with Gasteiger partial charge >= 0.3 is 8.80 Å². The van der Waals surface area contributed by atoms with Gasteiger partial charge in [0.05, 0.1) is 0 Å². The quantitative estimate of drug-likeness (QED) is 0.382. The van der Waals surface area contributed by atoms with Crippen molar-refractivity contribution in [1.29, 1.82) is 0 Å². The average Bonchev–Trinajstić information content (AvgIpc) is 2.43. The predicted octanol–water partition coefficient (Wildman–Crippen LogP) is 2.64. The standard InChI is InChI=1S/C14H31NO4SSi/c1-6-17-21(18-7-2,19-8-3)13-9-11-20-12-10-14(16)15(4)5/h6-13H2,1-5H3. The summed E-state index contributed by atoms with van der Waals surface area (Å²) in [5.41, 5.74) is 0. The maximum Gasteiger partial charge on any atom is 0.500 e. The van der Waals surface area contributed by atoms with Gasteiger partial charge in [-0.3, -0.25) is 4.79 Å². The van der Waals surface area contributed by atoms with Crippen LogP contribution < -0.4 is 0 Å². The Kier molecular flexibility index (Phi) is 12.4. The molecule has 0 aromatic heterocycles. The second-order valence-electron chi connectivity index (χ2n) is 4.74. The van der Waals surface area contributed by atoms with Gasteiger partial charge in [0.15, 0.2) is 0 Å². The molecule has 126 valence electrons. The monoisotopic (exact) mass is 337 g/mol. The van der Waals surface area contributed by atoms with Crippen molar-refractivity contribution in [2.24, 2.45) is 0 Å². The topological polar surface area (TPSA) is 48.0 Å². The Morgan fingerprint density at radius 1 is 1.00 bits per heavy atom. The van der Waals surface area contributed by atoms with Gasteiger partial charge in [0, 0.05) is 52.1 Å². The van der Waals surface area contributed by atoms with Crippen molar-refractivity contribution >= 4 is 26.5 Å². The zero-order chi connectivity index (χ0) is 16.1. The van der Waals surface area contributed by atoms with Gasteiger partial charge in [0.1, 0.15) is 0 Å². The summed E-state index contributed by atoms with van der Waals surface area (Å²) in [5.74, 6) is 2.05. The Morgan fingerprint density at radius 3 is 1.95 bits per heavy atom. The molecule has 0 heterocycles. The second-order valence-corrected chi connectivity index (χ2v) is 8.69. The molecule has 21 heavy (non-hydrogen) atoms. The van der Waals surface area contributed by atoms with Crippen LogP contribution in [0.2, 0.25) is 6.04 Å². The zero-order valence-corrected chi connectivity index (χ0v) is 16.0. The SMILES string of the molecule is CCO[Si](CCCSCCC(=O)N(C)C)(OCC)OCC. The Balaban J connectivity index is 3.99. The first-order valence-corrected chi connectivity index (χ1v) is 10.8. The van der Waals surface area contributed by atoms with Crippen LogP contribution in [-0.2, 0) is 18.1 Å². The lowest BCUT2D eigenvalue weighted by molar-refractivity contribution is -0.128. The molecule has 0 rings (SSSR count). The van der Waals surface area contributed by atoms with Crippen LogP contribution in [0, 0.1) is 0 Å². The minimum atomic E-state index is -2.48.